The Morgan fingerprint density at radius 1 is 1.17 bits per heavy atom. The smallest absolute Gasteiger partial charge is 0.410 e. The van der Waals surface area contributed by atoms with Crippen LogP contribution in [0.25, 0.3) is 11.5 Å². The van der Waals surface area contributed by atoms with E-state index in [1.807, 2.05) is 12.1 Å². The molecule has 1 N–H and O–H groups in total. The number of fused-ring (bicyclic) bond motifs is 2. The van der Waals surface area contributed by atoms with Gasteiger partial charge in [-0.3, -0.25) is 9.78 Å². The maximum Gasteiger partial charge on any atom is 0.410 e. The van der Waals surface area contributed by atoms with Crippen LogP contribution in [0.1, 0.15) is 53.2 Å². The predicted molar refractivity (Wildman–Crippen MR) is 128 cm³/mol. The van der Waals surface area contributed by atoms with Gasteiger partial charge >= 0.3 is 6.09 Å². The molecule has 11 heteroatoms. The van der Waals surface area contributed by atoms with E-state index in [2.05, 4.69) is 37.0 Å². The monoisotopic (exact) mass is 489 g/mol. The SMILES string of the molecule is C[C@H]1CCc2nnc(-c3cccc(NC(=O)c4cc5c(cn4)CCN(C(=O)OC4CCOC4)C5)n3)n21. The zero-order valence-electron chi connectivity index (χ0n) is 20.0. The van der Waals surface area contributed by atoms with E-state index in [0.717, 1.165) is 36.2 Å². The number of rotatable bonds is 4. The van der Waals surface area contributed by atoms with E-state index >= 15 is 0 Å². The molecule has 0 aliphatic carbocycles. The van der Waals surface area contributed by atoms with Crippen molar-refractivity contribution in [2.75, 3.05) is 25.1 Å². The summed E-state index contributed by atoms with van der Waals surface area (Å²) in [6.45, 7) is 4.12. The Balaban J connectivity index is 1.16. The van der Waals surface area contributed by atoms with Gasteiger partial charge in [-0.15, -0.1) is 10.2 Å². The Bertz CT molecular complexity index is 1320. The van der Waals surface area contributed by atoms with Crippen molar-refractivity contribution in [3.05, 3.63) is 53.1 Å². The number of anilines is 1. The number of nitrogens with zero attached hydrogens (tertiary/aromatic N) is 6. The number of aryl methyl sites for hydroxylation is 1. The van der Waals surface area contributed by atoms with Gasteiger partial charge in [-0.2, -0.15) is 0 Å². The lowest BCUT2D eigenvalue weighted by Crippen LogP contribution is -2.38. The molecule has 6 heterocycles. The van der Waals surface area contributed by atoms with Crippen LogP contribution < -0.4 is 5.32 Å². The van der Waals surface area contributed by atoms with Gasteiger partial charge in [-0.1, -0.05) is 6.07 Å². The van der Waals surface area contributed by atoms with Crippen LogP contribution in [-0.4, -0.2) is 67.5 Å². The molecule has 2 amide bonds. The summed E-state index contributed by atoms with van der Waals surface area (Å²) in [7, 11) is 0. The zero-order valence-corrected chi connectivity index (χ0v) is 20.0. The molecule has 1 unspecified atom stereocenters. The van der Waals surface area contributed by atoms with Crippen LogP contribution in [0, 0.1) is 0 Å². The van der Waals surface area contributed by atoms with Gasteiger partial charge in [0.05, 0.1) is 13.2 Å². The normalized spacial score (nSPS) is 20.6. The second kappa shape index (κ2) is 9.30. The number of pyridine rings is 2. The van der Waals surface area contributed by atoms with Gasteiger partial charge in [0, 0.05) is 38.2 Å². The number of hydrogen-bond donors (Lipinski definition) is 1. The van der Waals surface area contributed by atoms with Gasteiger partial charge in [0.1, 0.15) is 29.1 Å². The van der Waals surface area contributed by atoms with Crippen LogP contribution >= 0.6 is 0 Å². The van der Waals surface area contributed by atoms with Crippen LogP contribution in [0.3, 0.4) is 0 Å². The molecule has 36 heavy (non-hydrogen) atoms. The first-order valence-electron chi connectivity index (χ1n) is 12.3. The molecular formula is C25H27N7O4. The number of amides is 2. The first kappa shape index (κ1) is 22.6. The van der Waals surface area contributed by atoms with Crippen molar-refractivity contribution in [2.45, 2.75) is 51.3 Å². The van der Waals surface area contributed by atoms with Crippen LogP contribution in [-0.2, 0) is 28.9 Å². The Hall–Kier alpha value is -3.86. The van der Waals surface area contributed by atoms with Crippen LogP contribution in [0.15, 0.2) is 30.5 Å². The molecule has 3 aliphatic rings. The fourth-order valence-electron chi connectivity index (χ4n) is 4.95. The topological polar surface area (TPSA) is 124 Å². The van der Waals surface area contributed by atoms with Crippen molar-refractivity contribution in [1.29, 1.82) is 0 Å². The van der Waals surface area contributed by atoms with E-state index in [-0.39, 0.29) is 23.8 Å². The summed E-state index contributed by atoms with van der Waals surface area (Å²) in [6, 6.07) is 7.47. The molecule has 186 valence electrons. The standard InChI is InChI=1S/C25H27N7O4/c1-15-5-6-22-29-30-23(32(15)22)19-3-2-4-21(27-19)28-24(33)20-11-17-13-31(9-7-16(17)12-26-20)25(34)36-18-8-10-35-14-18/h2-4,11-12,15,18H,5-10,13-14H2,1H3,(H,27,28,33)/t15-,18?/m0/s1. The summed E-state index contributed by atoms with van der Waals surface area (Å²) in [5.41, 5.74) is 2.82. The van der Waals surface area contributed by atoms with E-state index in [4.69, 9.17) is 9.47 Å². The lowest BCUT2D eigenvalue weighted by molar-refractivity contribution is 0.0516. The molecule has 0 radical (unpaired) electrons. The highest BCUT2D eigenvalue weighted by Gasteiger charge is 2.28. The predicted octanol–water partition coefficient (Wildman–Crippen LogP) is 2.78. The highest BCUT2D eigenvalue weighted by molar-refractivity contribution is 6.02. The van der Waals surface area contributed by atoms with Gasteiger partial charge in [0.2, 0.25) is 0 Å². The van der Waals surface area contributed by atoms with Gasteiger partial charge in [-0.05, 0) is 49.1 Å². The number of aromatic nitrogens is 5. The Kier molecular flexibility index (Phi) is 5.84. The van der Waals surface area contributed by atoms with Gasteiger partial charge in [-0.25, -0.2) is 9.78 Å². The van der Waals surface area contributed by atoms with Crippen molar-refractivity contribution in [3.8, 4) is 11.5 Å². The number of carbonyl (C=O) groups excluding carboxylic acids is 2. The number of nitrogens with one attached hydrogen (secondary N) is 1. The quantitative estimate of drug-likeness (QED) is 0.593. The van der Waals surface area contributed by atoms with E-state index in [1.165, 1.54) is 0 Å². The third kappa shape index (κ3) is 4.30. The fraction of sp³-hybridized carbons (Fsp3) is 0.440. The summed E-state index contributed by atoms with van der Waals surface area (Å²) in [5, 5.41) is 11.4. The van der Waals surface area contributed by atoms with Crippen molar-refractivity contribution >= 4 is 17.8 Å². The number of carbonyl (C=O) groups is 2. The summed E-state index contributed by atoms with van der Waals surface area (Å²) in [4.78, 5) is 36.2. The number of ether oxygens (including phenoxy) is 2. The molecule has 0 aromatic carbocycles. The molecule has 0 spiro atoms. The molecule has 11 nitrogen and oxygen atoms in total. The van der Waals surface area contributed by atoms with E-state index < -0.39 is 0 Å². The van der Waals surface area contributed by atoms with Crippen LogP contribution in [0.4, 0.5) is 10.6 Å². The summed E-state index contributed by atoms with van der Waals surface area (Å²) < 4.78 is 12.9. The molecule has 2 atom stereocenters. The van der Waals surface area contributed by atoms with Crippen molar-refractivity contribution in [1.82, 2.24) is 29.6 Å². The van der Waals surface area contributed by atoms with E-state index in [1.54, 1.807) is 23.2 Å². The van der Waals surface area contributed by atoms with Gasteiger partial charge < -0.3 is 24.3 Å². The van der Waals surface area contributed by atoms with Gasteiger partial charge in [0.15, 0.2) is 5.82 Å². The van der Waals surface area contributed by atoms with Gasteiger partial charge in [0.25, 0.3) is 5.91 Å². The third-order valence-corrected chi connectivity index (χ3v) is 6.95. The Morgan fingerprint density at radius 2 is 2.08 bits per heavy atom. The molecule has 1 fully saturated rings. The third-order valence-electron chi connectivity index (χ3n) is 6.95. The molecule has 1 saturated heterocycles. The molecule has 3 aromatic heterocycles. The largest absolute Gasteiger partial charge is 0.444 e. The first-order chi connectivity index (χ1) is 17.5. The highest BCUT2D eigenvalue weighted by Crippen LogP contribution is 2.30. The summed E-state index contributed by atoms with van der Waals surface area (Å²) >= 11 is 0. The van der Waals surface area contributed by atoms with Crippen molar-refractivity contribution < 1.29 is 19.1 Å². The minimum Gasteiger partial charge on any atom is -0.444 e. The van der Waals surface area contributed by atoms with E-state index in [0.29, 0.717) is 56.1 Å². The van der Waals surface area contributed by atoms with Crippen molar-refractivity contribution in [2.24, 2.45) is 0 Å². The lowest BCUT2D eigenvalue weighted by atomic mass is 10.0. The molecule has 3 aromatic rings. The average molecular weight is 490 g/mol. The minimum absolute atomic E-state index is 0.192. The minimum atomic E-state index is -0.370. The molecule has 0 saturated carbocycles. The van der Waals surface area contributed by atoms with Crippen molar-refractivity contribution in [3.63, 3.8) is 0 Å². The zero-order chi connectivity index (χ0) is 24.6. The second-order valence-corrected chi connectivity index (χ2v) is 9.44. The molecule has 3 aliphatic heterocycles. The highest BCUT2D eigenvalue weighted by atomic mass is 16.6. The Morgan fingerprint density at radius 3 is 2.94 bits per heavy atom. The average Bonchev–Trinajstić information content (AvgIpc) is 3.63. The van der Waals surface area contributed by atoms with Crippen LogP contribution in [0.2, 0.25) is 0 Å². The first-order valence-corrected chi connectivity index (χ1v) is 12.3. The molecule has 6 rings (SSSR count). The summed E-state index contributed by atoms with van der Waals surface area (Å²) in [6.07, 6.45) is 4.48. The summed E-state index contributed by atoms with van der Waals surface area (Å²) in [5.74, 6) is 1.70. The Labute approximate surface area is 207 Å². The molecular weight excluding hydrogens is 462 g/mol. The lowest BCUT2D eigenvalue weighted by Gasteiger charge is -2.29. The second-order valence-electron chi connectivity index (χ2n) is 9.44. The maximum absolute atomic E-state index is 13.0. The van der Waals surface area contributed by atoms with E-state index in [9.17, 15) is 9.59 Å². The fourth-order valence-corrected chi connectivity index (χ4v) is 4.95. The molecule has 0 bridgehead atoms. The van der Waals surface area contributed by atoms with Crippen LogP contribution in [0.5, 0.6) is 0 Å². The number of hydrogen-bond acceptors (Lipinski definition) is 8. The maximum atomic E-state index is 13.0.